The number of benzene rings is 1. The Morgan fingerprint density at radius 3 is 1.35 bits per heavy atom. The predicted octanol–water partition coefficient (Wildman–Crippen LogP) is 1.68. The van der Waals surface area contributed by atoms with E-state index in [9.17, 15) is 19.2 Å². The fourth-order valence-corrected chi connectivity index (χ4v) is 1.92. The second-order valence-electron chi connectivity index (χ2n) is 5.05. The third-order valence-corrected chi connectivity index (χ3v) is 3.08. The zero-order chi connectivity index (χ0) is 19.4. The molecule has 26 heavy (non-hydrogen) atoms. The minimum Gasteiger partial charge on any atom is -0.466 e. The Morgan fingerprint density at radius 2 is 1.00 bits per heavy atom. The van der Waals surface area contributed by atoms with Crippen LogP contribution in [0.25, 0.3) is 0 Å². The third-order valence-electron chi connectivity index (χ3n) is 3.08. The average molecular weight is 366 g/mol. The van der Waals surface area contributed by atoms with Crippen molar-refractivity contribution in [3.05, 3.63) is 35.4 Å². The molecule has 0 radical (unpaired) electrons. The molecule has 0 bridgehead atoms. The van der Waals surface area contributed by atoms with Gasteiger partial charge >= 0.3 is 23.9 Å². The molecule has 0 aliphatic rings. The molecule has 0 aliphatic carbocycles. The van der Waals surface area contributed by atoms with Gasteiger partial charge in [-0.2, -0.15) is 0 Å². The van der Waals surface area contributed by atoms with Gasteiger partial charge in [0.05, 0.1) is 13.2 Å². The first-order chi connectivity index (χ1) is 12.5. The van der Waals surface area contributed by atoms with Gasteiger partial charge in [0.1, 0.15) is 26.1 Å². The van der Waals surface area contributed by atoms with E-state index in [2.05, 4.69) is 9.47 Å². The largest absolute Gasteiger partial charge is 0.466 e. The van der Waals surface area contributed by atoms with Gasteiger partial charge in [-0.25, -0.2) is 0 Å². The molecular formula is C18H22O8. The number of rotatable bonds is 10. The van der Waals surface area contributed by atoms with E-state index in [1.165, 1.54) is 0 Å². The minimum absolute atomic E-state index is 0.0795. The summed E-state index contributed by atoms with van der Waals surface area (Å²) in [7, 11) is 0. The number of hydrogen-bond donors (Lipinski definition) is 0. The standard InChI is InChI=1S/C18H22O8/c1-3-23-15(19)9-17(21)25-11-13-7-5-6-8-14(13)12-26-18(22)10-16(20)24-4-2/h5-8H,3-4,9-12H2,1-2H3. The van der Waals surface area contributed by atoms with Crippen molar-refractivity contribution in [2.24, 2.45) is 0 Å². The Morgan fingerprint density at radius 1 is 0.654 bits per heavy atom. The quantitative estimate of drug-likeness (QED) is 0.350. The molecule has 0 aliphatic heterocycles. The summed E-state index contributed by atoms with van der Waals surface area (Å²) in [6.07, 6.45) is -0.935. The maximum absolute atomic E-state index is 11.6. The summed E-state index contributed by atoms with van der Waals surface area (Å²) in [6, 6.07) is 6.87. The molecule has 0 fully saturated rings. The molecule has 8 heteroatoms. The molecule has 0 N–H and O–H groups in total. The van der Waals surface area contributed by atoms with Gasteiger partial charge in [-0.15, -0.1) is 0 Å². The molecule has 0 spiro atoms. The van der Waals surface area contributed by atoms with Gasteiger partial charge in [-0.05, 0) is 25.0 Å². The summed E-state index contributed by atoms with van der Waals surface area (Å²) >= 11 is 0. The predicted molar refractivity (Wildman–Crippen MR) is 88.5 cm³/mol. The lowest BCUT2D eigenvalue weighted by Crippen LogP contribution is -2.15. The van der Waals surface area contributed by atoms with E-state index in [0.29, 0.717) is 11.1 Å². The van der Waals surface area contributed by atoms with E-state index < -0.39 is 36.7 Å². The van der Waals surface area contributed by atoms with Crippen molar-refractivity contribution in [1.29, 1.82) is 0 Å². The maximum atomic E-state index is 11.6. The first kappa shape index (κ1) is 21.1. The molecule has 1 rings (SSSR count). The van der Waals surface area contributed by atoms with Crippen molar-refractivity contribution in [2.75, 3.05) is 13.2 Å². The van der Waals surface area contributed by atoms with E-state index in [0.717, 1.165) is 0 Å². The summed E-state index contributed by atoms with van der Waals surface area (Å²) in [4.78, 5) is 45.7. The highest BCUT2D eigenvalue weighted by atomic mass is 16.6. The molecule has 1 aromatic carbocycles. The van der Waals surface area contributed by atoms with Gasteiger partial charge < -0.3 is 18.9 Å². The highest BCUT2D eigenvalue weighted by molar-refractivity contribution is 5.91. The Bertz CT molecular complexity index is 583. The Labute approximate surface area is 151 Å². The normalized spacial score (nSPS) is 9.92. The van der Waals surface area contributed by atoms with Gasteiger partial charge in [0.2, 0.25) is 0 Å². The SMILES string of the molecule is CCOC(=O)CC(=O)OCc1ccccc1COC(=O)CC(=O)OCC. The number of hydrogen-bond acceptors (Lipinski definition) is 8. The van der Waals surface area contributed by atoms with Crippen LogP contribution in [0.1, 0.15) is 37.8 Å². The van der Waals surface area contributed by atoms with E-state index >= 15 is 0 Å². The summed E-state index contributed by atoms with van der Waals surface area (Å²) in [5, 5.41) is 0. The molecule has 1 aromatic rings. The second-order valence-corrected chi connectivity index (χ2v) is 5.05. The zero-order valence-corrected chi connectivity index (χ0v) is 14.8. The van der Waals surface area contributed by atoms with Crippen LogP contribution >= 0.6 is 0 Å². The molecular weight excluding hydrogens is 344 g/mol. The highest BCUT2D eigenvalue weighted by Crippen LogP contribution is 2.12. The van der Waals surface area contributed by atoms with Crippen molar-refractivity contribution < 1.29 is 38.1 Å². The molecule has 0 atom stereocenters. The van der Waals surface area contributed by atoms with E-state index in [-0.39, 0.29) is 26.4 Å². The lowest BCUT2D eigenvalue weighted by Gasteiger charge is -2.11. The Hall–Kier alpha value is -2.90. The highest BCUT2D eigenvalue weighted by Gasteiger charge is 2.14. The van der Waals surface area contributed by atoms with E-state index in [1.807, 2.05) is 0 Å². The van der Waals surface area contributed by atoms with Gasteiger partial charge in [-0.1, -0.05) is 24.3 Å². The topological polar surface area (TPSA) is 105 Å². The molecule has 0 unspecified atom stereocenters. The van der Waals surface area contributed by atoms with Crippen LogP contribution in [0.4, 0.5) is 0 Å². The summed E-state index contributed by atoms with van der Waals surface area (Å²) in [6.45, 7) is 3.50. The van der Waals surface area contributed by atoms with Crippen LogP contribution in [-0.2, 0) is 51.3 Å². The van der Waals surface area contributed by atoms with Crippen LogP contribution in [0.2, 0.25) is 0 Å². The first-order valence-corrected chi connectivity index (χ1v) is 8.15. The van der Waals surface area contributed by atoms with Crippen LogP contribution in [-0.4, -0.2) is 37.1 Å². The number of carbonyl (C=O) groups is 4. The number of esters is 4. The van der Waals surface area contributed by atoms with Crippen molar-refractivity contribution in [2.45, 2.75) is 39.9 Å². The lowest BCUT2D eigenvalue weighted by molar-refractivity contribution is -0.157. The fraction of sp³-hybridized carbons (Fsp3) is 0.444. The second kappa shape index (κ2) is 11.6. The van der Waals surface area contributed by atoms with Crippen molar-refractivity contribution in [3.8, 4) is 0 Å². The van der Waals surface area contributed by atoms with Crippen LogP contribution < -0.4 is 0 Å². The Balaban J connectivity index is 2.51. The van der Waals surface area contributed by atoms with E-state index in [1.54, 1.807) is 38.1 Å². The smallest absolute Gasteiger partial charge is 0.317 e. The van der Waals surface area contributed by atoms with Gasteiger partial charge in [0.15, 0.2) is 0 Å². The van der Waals surface area contributed by atoms with Crippen molar-refractivity contribution in [3.63, 3.8) is 0 Å². The molecule has 0 saturated heterocycles. The molecule has 0 saturated carbocycles. The van der Waals surface area contributed by atoms with Crippen LogP contribution in [0.15, 0.2) is 24.3 Å². The summed E-state index contributed by atoms with van der Waals surface area (Å²) < 4.78 is 19.4. The molecule has 0 amide bonds. The van der Waals surface area contributed by atoms with Gasteiger partial charge in [-0.3, -0.25) is 19.2 Å². The summed E-state index contributed by atoms with van der Waals surface area (Å²) in [5.74, 6) is -2.73. The van der Waals surface area contributed by atoms with Crippen molar-refractivity contribution in [1.82, 2.24) is 0 Å². The van der Waals surface area contributed by atoms with Gasteiger partial charge in [0.25, 0.3) is 0 Å². The number of carbonyl (C=O) groups excluding carboxylic acids is 4. The fourth-order valence-electron chi connectivity index (χ4n) is 1.92. The van der Waals surface area contributed by atoms with Crippen LogP contribution in [0.5, 0.6) is 0 Å². The van der Waals surface area contributed by atoms with Crippen LogP contribution in [0.3, 0.4) is 0 Å². The van der Waals surface area contributed by atoms with E-state index in [4.69, 9.17) is 9.47 Å². The Kier molecular flexibility index (Phi) is 9.45. The molecule has 0 heterocycles. The zero-order valence-electron chi connectivity index (χ0n) is 14.8. The van der Waals surface area contributed by atoms with Crippen molar-refractivity contribution >= 4 is 23.9 Å². The minimum atomic E-state index is -0.711. The average Bonchev–Trinajstić information content (AvgIpc) is 2.59. The van der Waals surface area contributed by atoms with Gasteiger partial charge in [0, 0.05) is 0 Å². The third kappa shape index (κ3) is 8.27. The molecule has 142 valence electrons. The molecule has 0 aromatic heterocycles. The monoisotopic (exact) mass is 366 g/mol. The number of ether oxygens (including phenoxy) is 4. The van der Waals surface area contributed by atoms with Crippen LogP contribution in [0, 0.1) is 0 Å². The summed E-state index contributed by atoms with van der Waals surface area (Å²) in [5.41, 5.74) is 1.24. The lowest BCUT2D eigenvalue weighted by atomic mass is 10.1. The maximum Gasteiger partial charge on any atom is 0.317 e. The first-order valence-electron chi connectivity index (χ1n) is 8.15. The molecule has 8 nitrogen and oxygen atoms in total.